The van der Waals surface area contributed by atoms with E-state index in [1.807, 2.05) is 47.8 Å². The van der Waals surface area contributed by atoms with Gasteiger partial charge < -0.3 is 0 Å². The summed E-state index contributed by atoms with van der Waals surface area (Å²) in [6, 6.07) is 18.2. The lowest BCUT2D eigenvalue weighted by atomic mass is 9.87. The molecule has 0 aliphatic carbocycles. The van der Waals surface area contributed by atoms with E-state index in [9.17, 15) is 4.79 Å². The average molecular weight is 403 g/mol. The summed E-state index contributed by atoms with van der Waals surface area (Å²) in [4.78, 5) is 17.4. The van der Waals surface area contributed by atoms with Crippen molar-refractivity contribution in [1.29, 1.82) is 0 Å². The molecule has 6 heteroatoms. The number of rotatable bonds is 4. The van der Waals surface area contributed by atoms with Gasteiger partial charge in [0.25, 0.3) is 11.9 Å². The van der Waals surface area contributed by atoms with Crippen molar-refractivity contribution in [2.24, 2.45) is 0 Å². The molecule has 0 bridgehead atoms. The Bertz CT molecular complexity index is 1170. The molecule has 2 aromatic heterocycles. The largest absolute Gasteiger partial charge is 0.290 e. The molecule has 2 heterocycles. The van der Waals surface area contributed by atoms with E-state index >= 15 is 0 Å². The second kappa shape index (κ2) is 7.64. The molecule has 0 unspecified atom stereocenters. The fourth-order valence-corrected chi connectivity index (χ4v) is 3.79. The lowest BCUT2D eigenvalue weighted by Gasteiger charge is -2.18. The first kappa shape index (κ1) is 19.1. The standard InChI is InChI=1S/C23H22N4OS/c1-23(2,3)18-12-9-16(10-13-18)11-14-20(28)24-21-25-22-27(26-21)19(15-29-22)17-7-5-4-6-8-17/h4-15H,1-3H3,(H,24,26,28)/b14-11+. The first-order chi connectivity index (χ1) is 13.9. The zero-order valence-corrected chi connectivity index (χ0v) is 17.4. The molecule has 1 N–H and O–H groups in total. The van der Waals surface area contributed by atoms with Gasteiger partial charge in [0, 0.05) is 17.0 Å². The third kappa shape index (κ3) is 4.27. The molecular weight excluding hydrogens is 380 g/mol. The van der Waals surface area contributed by atoms with Crippen molar-refractivity contribution >= 4 is 34.2 Å². The molecule has 5 nitrogen and oxygen atoms in total. The van der Waals surface area contributed by atoms with Crippen LogP contribution in [0.2, 0.25) is 0 Å². The van der Waals surface area contributed by atoms with Gasteiger partial charge in [0.05, 0.1) is 5.69 Å². The number of nitrogens with zero attached hydrogens (tertiary/aromatic N) is 3. The maximum Gasteiger partial charge on any atom is 0.250 e. The monoisotopic (exact) mass is 402 g/mol. The minimum atomic E-state index is -0.260. The number of aromatic nitrogens is 3. The average Bonchev–Trinajstić information content (AvgIpc) is 3.27. The number of benzene rings is 2. The van der Waals surface area contributed by atoms with Crippen molar-refractivity contribution in [2.75, 3.05) is 5.32 Å². The molecule has 0 radical (unpaired) electrons. The van der Waals surface area contributed by atoms with E-state index in [0.717, 1.165) is 21.8 Å². The SMILES string of the molecule is CC(C)(C)c1ccc(/C=C/C(=O)Nc2nc3scc(-c4ccccc4)n3n2)cc1. The highest BCUT2D eigenvalue weighted by Gasteiger charge is 2.13. The quantitative estimate of drug-likeness (QED) is 0.465. The number of carbonyl (C=O) groups excluding carboxylic acids is 1. The summed E-state index contributed by atoms with van der Waals surface area (Å²) in [5, 5.41) is 9.18. The Balaban J connectivity index is 1.46. The summed E-state index contributed by atoms with van der Waals surface area (Å²) in [6.07, 6.45) is 3.29. The van der Waals surface area contributed by atoms with Crippen LogP contribution in [0.5, 0.6) is 0 Å². The van der Waals surface area contributed by atoms with E-state index in [0.29, 0.717) is 5.95 Å². The summed E-state index contributed by atoms with van der Waals surface area (Å²) in [6.45, 7) is 6.53. The van der Waals surface area contributed by atoms with Crippen LogP contribution >= 0.6 is 11.3 Å². The molecule has 4 aromatic rings. The molecule has 0 saturated carbocycles. The molecule has 1 amide bonds. The van der Waals surface area contributed by atoms with E-state index in [4.69, 9.17) is 0 Å². The Labute approximate surface area is 173 Å². The van der Waals surface area contributed by atoms with Crippen LogP contribution in [0, 0.1) is 0 Å². The number of anilines is 1. The summed E-state index contributed by atoms with van der Waals surface area (Å²) < 4.78 is 1.75. The van der Waals surface area contributed by atoms with Gasteiger partial charge in [-0.2, -0.15) is 4.98 Å². The first-order valence-corrected chi connectivity index (χ1v) is 10.3. The minimum absolute atomic E-state index is 0.109. The molecule has 146 valence electrons. The van der Waals surface area contributed by atoms with Crippen LogP contribution in [0.15, 0.2) is 66.1 Å². The zero-order valence-electron chi connectivity index (χ0n) is 16.6. The van der Waals surface area contributed by atoms with Gasteiger partial charge in [-0.15, -0.1) is 16.4 Å². The van der Waals surface area contributed by atoms with Gasteiger partial charge in [-0.05, 0) is 22.6 Å². The highest BCUT2D eigenvalue weighted by molar-refractivity contribution is 7.15. The van der Waals surface area contributed by atoms with Crippen LogP contribution < -0.4 is 5.32 Å². The number of thiazole rings is 1. The molecule has 0 aliphatic heterocycles. The molecule has 29 heavy (non-hydrogen) atoms. The lowest BCUT2D eigenvalue weighted by molar-refractivity contribution is -0.111. The molecule has 0 fully saturated rings. The number of hydrogen-bond acceptors (Lipinski definition) is 4. The summed E-state index contributed by atoms with van der Waals surface area (Å²) in [5.41, 5.74) is 4.35. The fraction of sp³-hybridized carbons (Fsp3) is 0.174. The Morgan fingerprint density at radius 3 is 2.48 bits per heavy atom. The van der Waals surface area contributed by atoms with Crippen LogP contribution in [0.1, 0.15) is 31.9 Å². The van der Waals surface area contributed by atoms with E-state index in [1.165, 1.54) is 23.0 Å². The minimum Gasteiger partial charge on any atom is -0.290 e. The Morgan fingerprint density at radius 1 is 1.07 bits per heavy atom. The number of hydrogen-bond donors (Lipinski definition) is 1. The normalized spacial score (nSPS) is 12.0. The molecular formula is C23H22N4OS. The van der Waals surface area contributed by atoms with Crippen LogP contribution in [0.25, 0.3) is 22.3 Å². The summed E-state index contributed by atoms with van der Waals surface area (Å²) >= 11 is 1.49. The van der Waals surface area contributed by atoms with E-state index in [1.54, 1.807) is 10.6 Å². The molecule has 0 saturated heterocycles. The highest BCUT2D eigenvalue weighted by atomic mass is 32.1. The van der Waals surface area contributed by atoms with Crippen molar-refractivity contribution in [1.82, 2.24) is 14.6 Å². The molecule has 4 rings (SSSR count). The van der Waals surface area contributed by atoms with Crippen molar-refractivity contribution in [3.63, 3.8) is 0 Å². The van der Waals surface area contributed by atoms with E-state index < -0.39 is 0 Å². The fourth-order valence-electron chi connectivity index (χ4n) is 2.96. The van der Waals surface area contributed by atoms with E-state index in [-0.39, 0.29) is 11.3 Å². The second-order valence-corrected chi connectivity index (χ2v) is 8.65. The van der Waals surface area contributed by atoms with Gasteiger partial charge in [0.1, 0.15) is 0 Å². The van der Waals surface area contributed by atoms with Crippen molar-refractivity contribution < 1.29 is 4.79 Å². The maximum absolute atomic E-state index is 12.3. The second-order valence-electron chi connectivity index (χ2n) is 7.81. The predicted molar refractivity (Wildman–Crippen MR) is 119 cm³/mol. The van der Waals surface area contributed by atoms with Gasteiger partial charge in [-0.1, -0.05) is 75.4 Å². The van der Waals surface area contributed by atoms with Crippen LogP contribution in [0.4, 0.5) is 5.95 Å². The third-order valence-corrected chi connectivity index (χ3v) is 5.41. The zero-order chi connectivity index (χ0) is 20.4. The predicted octanol–water partition coefficient (Wildman–Crippen LogP) is 5.41. The van der Waals surface area contributed by atoms with Gasteiger partial charge >= 0.3 is 0 Å². The van der Waals surface area contributed by atoms with Crippen molar-refractivity contribution in [3.8, 4) is 11.3 Å². The van der Waals surface area contributed by atoms with Crippen LogP contribution in [-0.2, 0) is 10.2 Å². The summed E-state index contributed by atoms with van der Waals surface area (Å²) in [7, 11) is 0. The molecule has 0 spiro atoms. The highest BCUT2D eigenvalue weighted by Crippen LogP contribution is 2.25. The van der Waals surface area contributed by atoms with Gasteiger partial charge in [0.2, 0.25) is 4.96 Å². The summed E-state index contributed by atoms with van der Waals surface area (Å²) in [5.74, 6) is 0.0381. The smallest absolute Gasteiger partial charge is 0.250 e. The number of fused-ring (bicyclic) bond motifs is 1. The van der Waals surface area contributed by atoms with Crippen LogP contribution in [-0.4, -0.2) is 20.5 Å². The Kier molecular flexibility index (Phi) is 5.03. The lowest BCUT2D eigenvalue weighted by Crippen LogP contribution is -2.10. The molecule has 2 aromatic carbocycles. The Hall–Kier alpha value is -3.25. The van der Waals surface area contributed by atoms with Crippen molar-refractivity contribution in [2.45, 2.75) is 26.2 Å². The Morgan fingerprint density at radius 2 is 1.79 bits per heavy atom. The van der Waals surface area contributed by atoms with Gasteiger partial charge in [-0.3, -0.25) is 10.1 Å². The van der Waals surface area contributed by atoms with Gasteiger partial charge in [-0.25, -0.2) is 4.52 Å². The number of nitrogens with one attached hydrogen (secondary N) is 1. The third-order valence-electron chi connectivity index (χ3n) is 4.59. The maximum atomic E-state index is 12.3. The number of amides is 1. The van der Waals surface area contributed by atoms with Crippen molar-refractivity contribution in [3.05, 3.63) is 77.2 Å². The van der Waals surface area contributed by atoms with Crippen LogP contribution in [0.3, 0.4) is 0 Å². The van der Waals surface area contributed by atoms with Gasteiger partial charge in [0.15, 0.2) is 0 Å². The topological polar surface area (TPSA) is 59.3 Å². The van der Waals surface area contributed by atoms with E-state index in [2.05, 4.69) is 48.3 Å². The number of carbonyl (C=O) groups is 1. The first-order valence-electron chi connectivity index (χ1n) is 9.39. The molecule has 0 atom stereocenters. The molecule has 0 aliphatic rings.